The molecule has 3 aromatic carbocycles. The van der Waals surface area contributed by atoms with Crippen molar-refractivity contribution < 1.29 is 23.7 Å². The number of fused-ring (bicyclic) bond motifs is 1. The molecule has 3 aromatic rings. The lowest BCUT2D eigenvalue weighted by atomic mass is 9.96. The highest BCUT2D eigenvalue weighted by molar-refractivity contribution is 6.04. The maximum Gasteiger partial charge on any atom is 0.255 e. The Kier molecular flexibility index (Phi) is 5.98. The van der Waals surface area contributed by atoms with Crippen molar-refractivity contribution in [3.05, 3.63) is 77.4 Å². The number of rotatable bonds is 6. The molecule has 1 heterocycles. The van der Waals surface area contributed by atoms with Crippen LogP contribution in [-0.2, 0) is 6.42 Å². The first-order valence-corrected chi connectivity index (χ1v) is 10.1. The Hall–Kier alpha value is -3.67. The number of methoxy groups -OCH3 is 3. The largest absolute Gasteiger partial charge is 0.493 e. The minimum Gasteiger partial charge on any atom is -0.493 e. The van der Waals surface area contributed by atoms with Crippen LogP contribution >= 0.6 is 0 Å². The summed E-state index contributed by atoms with van der Waals surface area (Å²) < 4.78 is 22.8. The van der Waals surface area contributed by atoms with E-state index in [1.165, 1.54) is 0 Å². The molecule has 6 nitrogen and oxygen atoms in total. The molecule has 1 N–H and O–H groups in total. The third-order valence-electron chi connectivity index (χ3n) is 5.37. The quantitative estimate of drug-likeness (QED) is 0.607. The molecule has 0 aliphatic carbocycles. The molecule has 1 aliphatic heterocycles. The molecule has 160 valence electrons. The molecule has 0 saturated heterocycles. The fourth-order valence-corrected chi connectivity index (χ4v) is 3.87. The number of carbonyl (C=O) groups is 1. The van der Waals surface area contributed by atoms with Gasteiger partial charge in [0.25, 0.3) is 5.91 Å². The van der Waals surface area contributed by atoms with Crippen molar-refractivity contribution >= 4 is 11.6 Å². The van der Waals surface area contributed by atoms with Gasteiger partial charge in [0.05, 0.1) is 21.3 Å². The standard InChI is InChI=1S/C25H25NO5/c1-28-22-15-21-19(23(29-2)24(22)30-3)12-13-20(31-21)17-10-7-11-18(14-17)26-25(27)16-8-5-4-6-9-16/h4-11,14-15,20H,12-13H2,1-3H3,(H,26,27). The van der Waals surface area contributed by atoms with Gasteiger partial charge >= 0.3 is 0 Å². The van der Waals surface area contributed by atoms with E-state index in [1.807, 2.05) is 48.5 Å². The summed E-state index contributed by atoms with van der Waals surface area (Å²) in [5.74, 6) is 2.33. The number of carbonyl (C=O) groups excluding carboxylic acids is 1. The van der Waals surface area contributed by atoms with Gasteiger partial charge in [-0.25, -0.2) is 0 Å². The molecule has 4 rings (SSSR count). The van der Waals surface area contributed by atoms with E-state index in [-0.39, 0.29) is 12.0 Å². The Balaban J connectivity index is 1.57. The first kappa shape index (κ1) is 20.6. The van der Waals surface area contributed by atoms with Crippen molar-refractivity contribution in [2.24, 2.45) is 0 Å². The highest BCUT2D eigenvalue weighted by Crippen LogP contribution is 2.49. The molecule has 0 spiro atoms. The summed E-state index contributed by atoms with van der Waals surface area (Å²) in [7, 11) is 4.79. The number of anilines is 1. The van der Waals surface area contributed by atoms with E-state index in [0.29, 0.717) is 28.6 Å². The molecule has 1 atom stereocenters. The molecule has 0 saturated carbocycles. The van der Waals surface area contributed by atoms with E-state index in [4.69, 9.17) is 18.9 Å². The summed E-state index contributed by atoms with van der Waals surface area (Å²) >= 11 is 0. The number of hydrogen-bond acceptors (Lipinski definition) is 5. The maximum atomic E-state index is 12.5. The molecule has 6 heteroatoms. The molecule has 1 amide bonds. The summed E-state index contributed by atoms with van der Waals surface area (Å²) in [6.45, 7) is 0. The fourth-order valence-electron chi connectivity index (χ4n) is 3.87. The highest BCUT2D eigenvalue weighted by Gasteiger charge is 2.28. The Labute approximate surface area is 181 Å². The second-order valence-corrected chi connectivity index (χ2v) is 7.21. The Bertz CT molecular complexity index is 1080. The normalized spacial score (nSPS) is 14.7. The van der Waals surface area contributed by atoms with Crippen LogP contribution in [0.3, 0.4) is 0 Å². The maximum absolute atomic E-state index is 12.5. The van der Waals surface area contributed by atoms with Crippen molar-refractivity contribution in [1.82, 2.24) is 0 Å². The smallest absolute Gasteiger partial charge is 0.255 e. The lowest BCUT2D eigenvalue weighted by Crippen LogP contribution is -2.17. The van der Waals surface area contributed by atoms with Crippen molar-refractivity contribution in [1.29, 1.82) is 0 Å². The fraction of sp³-hybridized carbons (Fsp3) is 0.240. The SMILES string of the molecule is COc1cc2c(c(OC)c1OC)CCC(c1cccc(NC(=O)c3ccccc3)c1)O2. The van der Waals surface area contributed by atoms with Crippen molar-refractivity contribution in [2.45, 2.75) is 18.9 Å². The number of nitrogens with one attached hydrogen (secondary N) is 1. The zero-order chi connectivity index (χ0) is 21.8. The van der Waals surface area contributed by atoms with E-state index in [1.54, 1.807) is 33.5 Å². The Morgan fingerprint density at radius 1 is 0.935 bits per heavy atom. The van der Waals surface area contributed by atoms with Crippen molar-refractivity contribution in [3.63, 3.8) is 0 Å². The average Bonchev–Trinajstić information content (AvgIpc) is 2.83. The number of benzene rings is 3. The summed E-state index contributed by atoms with van der Waals surface area (Å²) in [5.41, 5.74) is 3.30. The van der Waals surface area contributed by atoms with Crippen LogP contribution in [-0.4, -0.2) is 27.2 Å². The van der Waals surface area contributed by atoms with Gasteiger partial charge < -0.3 is 24.3 Å². The molecular weight excluding hydrogens is 394 g/mol. The monoisotopic (exact) mass is 419 g/mol. The van der Waals surface area contributed by atoms with Gasteiger partial charge in [0, 0.05) is 22.9 Å². The van der Waals surface area contributed by atoms with E-state index in [9.17, 15) is 4.79 Å². The van der Waals surface area contributed by atoms with Gasteiger partial charge in [-0.2, -0.15) is 0 Å². The van der Waals surface area contributed by atoms with E-state index in [0.717, 1.165) is 29.7 Å². The third-order valence-corrected chi connectivity index (χ3v) is 5.37. The number of amides is 1. The molecule has 0 radical (unpaired) electrons. The van der Waals surface area contributed by atoms with E-state index >= 15 is 0 Å². The van der Waals surface area contributed by atoms with Crippen LogP contribution in [0.1, 0.15) is 34.0 Å². The summed E-state index contributed by atoms with van der Waals surface area (Å²) in [6.07, 6.45) is 1.39. The molecule has 1 unspecified atom stereocenters. The van der Waals surface area contributed by atoms with Crippen LogP contribution in [0.4, 0.5) is 5.69 Å². The van der Waals surface area contributed by atoms with Gasteiger partial charge in [-0.1, -0.05) is 30.3 Å². The van der Waals surface area contributed by atoms with Gasteiger partial charge in [-0.3, -0.25) is 4.79 Å². The molecule has 1 aliphatic rings. The average molecular weight is 419 g/mol. The summed E-state index contributed by atoms with van der Waals surface area (Å²) in [4.78, 5) is 12.5. The summed E-state index contributed by atoms with van der Waals surface area (Å²) in [6, 6.07) is 18.7. The minimum absolute atomic E-state index is 0.144. The Morgan fingerprint density at radius 2 is 1.71 bits per heavy atom. The van der Waals surface area contributed by atoms with Crippen LogP contribution in [0.25, 0.3) is 0 Å². The molecule has 31 heavy (non-hydrogen) atoms. The van der Waals surface area contributed by atoms with Crippen LogP contribution in [0.15, 0.2) is 60.7 Å². The molecule has 0 fully saturated rings. The van der Waals surface area contributed by atoms with Crippen molar-refractivity contribution in [2.75, 3.05) is 26.6 Å². The van der Waals surface area contributed by atoms with E-state index < -0.39 is 0 Å². The predicted octanol–water partition coefficient (Wildman–Crippen LogP) is 5.03. The Morgan fingerprint density at radius 3 is 2.42 bits per heavy atom. The lowest BCUT2D eigenvalue weighted by molar-refractivity contribution is 0.102. The molecular formula is C25H25NO5. The molecule has 0 aromatic heterocycles. The lowest BCUT2D eigenvalue weighted by Gasteiger charge is -2.29. The highest BCUT2D eigenvalue weighted by atomic mass is 16.5. The molecule has 0 bridgehead atoms. The third kappa shape index (κ3) is 4.14. The number of hydrogen-bond donors (Lipinski definition) is 1. The van der Waals surface area contributed by atoms with Gasteiger partial charge in [0.2, 0.25) is 5.75 Å². The number of ether oxygens (including phenoxy) is 4. The van der Waals surface area contributed by atoms with Crippen LogP contribution < -0.4 is 24.3 Å². The zero-order valence-corrected chi connectivity index (χ0v) is 17.8. The summed E-state index contributed by atoms with van der Waals surface area (Å²) in [5, 5.41) is 2.96. The second kappa shape index (κ2) is 9.00. The van der Waals surface area contributed by atoms with Crippen LogP contribution in [0.2, 0.25) is 0 Å². The van der Waals surface area contributed by atoms with Crippen LogP contribution in [0.5, 0.6) is 23.0 Å². The first-order valence-electron chi connectivity index (χ1n) is 10.1. The first-order chi connectivity index (χ1) is 15.1. The topological polar surface area (TPSA) is 66.0 Å². The van der Waals surface area contributed by atoms with Gasteiger partial charge in [0.15, 0.2) is 11.5 Å². The minimum atomic E-state index is -0.149. The zero-order valence-electron chi connectivity index (χ0n) is 17.8. The van der Waals surface area contributed by atoms with Gasteiger partial charge in [-0.05, 0) is 42.7 Å². The van der Waals surface area contributed by atoms with Gasteiger partial charge in [-0.15, -0.1) is 0 Å². The van der Waals surface area contributed by atoms with E-state index in [2.05, 4.69) is 5.32 Å². The van der Waals surface area contributed by atoms with Gasteiger partial charge in [0.1, 0.15) is 11.9 Å². The van der Waals surface area contributed by atoms with Crippen LogP contribution in [0, 0.1) is 0 Å². The second-order valence-electron chi connectivity index (χ2n) is 7.21. The predicted molar refractivity (Wildman–Crippen MR) is 119 cm³/mol. The van der Waals surface area contributed by atoms with Crippen molar-refractivity contribution in [3.8, 4) is 23.0 Å².